The third-order valence-corrected chi connectivity index (χ3v) is 3.02. The maximum Gasteiger partial charge on any atom is 0.326 e. The number of β-amino-alcohol motifs (C(OH)–C–C–N with tert-alkyl or cyclic N) is 1. The number of hydrogen-bond donors (Lipinski definition) is 2. The molecule has 7 heteroatoms. The average Bonchev–Trinajstić information content (AvgIpc) is 2.67. The summed E-state index contributed by atoms with van der Waals surface area (Å²) in [5.41, 5.74) is 0. The zero-order chi connectivity index (χ0) is 13.9. The van der Waals surface area contributed by atoms with E-state index in [4.69, 9.17) is 5.11 Å². The van der Waals surface area contributed by atoms with E-state index in [2.05, 4.69) is 0 Å². The van der Waals surface area contributed by atoms with E-state index in [0.717, 1.165) is 0 Å². The molecule has 104 valence electrons. The van der Waals surface area contributed by atoms with Gasteiger partial charge in [0.1, 0.15) is 6.04 Å². The van der Waals surface area contributed by atoms with Crippen molar-refractivity contribution in [3.63, 3.8) is 0 Å². The zero-order valence-corrected chi connectivity index (χ0v) is 11.0. The highest BCUT2D eigenvalue weighted by molar-refractivity contribution is 5.83. The number of likely N-dealkylation sites (N-methyl/N-ethyl adjacent to an activating group) is 2. The van der Waals surface area contributed by atoms with Crippen LogP contribution in [0.4, 0.5) is 4.79 Å². The van der Waals surface area contributed by atoms with E-state index in [9.17, 15) is 14.7 Å². The Balaban J connectivity index is 2.61. The molecule has 2 atom stereocenters. The number of carboxylic acid groups (broad SMARTS) is 1. The number of carbonyl (C=O) groups excluding carboxylic acids is 1. The number of likely N-dealkylation sites (tertiary alicyclic amines) is 1. The fourth-order valence-electron chi connectivity index (χ4n) is 1.92. The van der Waals surface area contributed by atoms with Gasteiger partial charge in [0.2, 0.25) is 0 Å². The van der Waals surface area contributed by atoms with Crippen LogP contribution in [0.15, 0.2) is 0 Å². The summed E-state index contributed by atoms with van der Waals surface area (Å²) in [5.74, 6) is -1.07. The number of hydrogen-bond acceptors (Lipinski definition) is 4. The molecule has 0 aromatic carbocycles. The lowest BCUT2D eigenvalue weighted by atomic mass is 10.2. The molecule has 2 N–H and O–H groups in total. The molecule has 0 aromatic rings. The van der Waals surface area contributed by atoms with Crippen LogP contribution in [0.2, 0.25) is 0 Å². The molecule has 1 aliphatic heterocycles. The fraction of sp³-hybridized carbons (Fsp3) is 0.818. The molecule has 2 amide bonds. The van der Waals surface area contributed by atoms with Gasteiger partial charge in [-0.25, -0.2) is 9.59 Å². The first-order chi connectivity index (χ1) is 8.32. The number of nitrogens with zero attached hydrogens (tertiary/aromatic N) is 3. The lowest BCUT2D eigenvalue weighted by Gasteiger charge is -2.28. The van der Waals surface area contributed by atoms with Gasteiger partial charge in [0.15, 0.2) is 0 Å². The minimum absolute atomic E-state index is 0.0854. The van der Waals surface area contributed by atoms with Crippen LogP contribution in [-0.4, -0.2) is 89.8 Å². The van der Waals surface area contributed by atoms with Gasteiger partial charge >= 0.3 is 12.0 Å². The van der Waals surface area contributed by atoms with Crippen molar-refractivity contribution in [1.82, 2.24) is 14.7 Å². The summed E-state index contributed by atoms with van der Waals surface area (Å²) in [6.07, 6.45) is -0.653. The first kappa shape index (κ1) is 14.7. The van der Waals surface area contributed by atoms with Gasteiger partial charge in [-0.05, 0) is 14.1 Å². The Morgan fingerprint density at radius 1 is 1.28 bits per heavy atom. The molecule has 0 saturated carbocycles. The van der Waals surface area contributed by atoms with E-state index in [1.165, 1.54) is 9.80 Å². The average molecular weight is 259 g/mol. The lowest BCUT2D eigenvalue weighted by molar-refractivity contribution is -0.141. The van der Waals surface area contributed by atoms with Gasteiger partial charge in [0, 0.05) is 33.1 Å². The molecule has 18 heavy (non-hydrogen) atoms. The van der Waals surface area contributed by atoms with E-state index in [1.54, 1.807) is 7.05 Å². The molecule has 1 heterocycles. The van der Waals surface area contributed by atoms with Gasteiger partial charge in [0.25, 0.3) is 0 Å². The third kappa shape index (κ3) is 3.58. The Labute approximate surface area is 107 Å². The number of rotatable bonds is 4. The second-order valence-corrected chi connectivity index (χ2v) is 4.90. The minimum atomic E-state index is -1.07. The number of aliphatic carboxylic acids is 1. The summed E-state index contributed by atoms with van der Waals surface area (Å²) in [5, 5.41) is 18.5. The lowest BCUT2D eigenvalue weighted by Crippen LogP contribution is -2.48. The molecule has 1 fully saturated rings. The van der Waals surface area contributed by atoms with Crippen molar-refractivity contribution in [1.29, 1.82) is 0 Å². The van der Waals surface area contributed by atoms with Gasteiger partial charge in [0.05, 0.1) is 6.10 Å². The molecule has 7 nitrogen and oxygen atoms in total. The monoisotopic (exact) mass is 259 g/mol. The van der Waals surface area contributed by atoms with Crippen molar-refractivity contribution in [3.8, 4) is 0 Å². The highest BCUT2D eigenvalue weighted by atomic mass is 16.4. The topological polar surface area (TPSA) is 84.3 Å². The molecule has 0 bridgehead atoms. The first-order valence-corrected chi connectivity index (χ1v) is 5.90. The normalized spacial score (nSPS) is 23.5. The smallest absolute Gasteiger partial charge is 0.326 e. The number of carboxylic acids is 1. The van der Waals surface area contributed by atoms with E-state index in [0.29, 0.717) is 13.1 Å². The van der Waals surface area contributed by atoms with Gasteiger partial charge in [-0.1, -0.05) is 0 Å². The zero-order valence-electron chi connectivity index (χ0n) is 11.0. The highest BCUT2D eigenvalue weighted by Gasteiger charge is 2.39. The van der Waals surface area contributed by atoms with Crippen LogP contribution in [0.3, 0.4) is 0 Å². The number of amides is 2. The van der Waals surface area contributed by atoms with Crippen molar-refractivity contribution in [2.45, 2.75) is 18.6 Å². The molecule has 1 rings (SSSR count). The van der Waals surface area contributed by atoms with Crippen LogP contribution in [0.1, 0.15) is 6.42 Å². The maximum atomic E-state index is 12.1. The predicted octanol–water partition coefficient (Wildman–Crippen LogP) is -0.880. The van der Waals surface area contributed by atoms with Crippen LogP contribution in [0, 0.1) is 0 Å². The standard InChI is InChI=1S/C11H21N3O4/c1-12(2)4-5-13(3)11(18)14-7-8(15)6-9(14)10(16)17/h8-9,15H,4-7H2,1-3H3,(H,16,17)/t8?,9-/m0/s1. The minimum Gasteiger partial charge on any atom is -0.480 e. The Morgan fingerprint density at radius 3 is 2.39 bits per heavy atom. The van der Waals surface area contributed by atoms with Crippen LogP contribution in [0.25, 0.3) is 0 Å². The number of aliphatic hydroxyl groups is 1. The second-order valence-electron chi connectivity index (χ2n) is 4.90. The van der Waals surface area contributed by atoms with Gasteiger partial charge < -0.3 is 24.9 Å². The molecule has 1 saturated heterocycles. The maximum absolute atomic E-state index is 12.1. The highest BCUT2D eigenvalue weighted by Crippen LogP contribution is 2.19. The number of carbonyl (C=O) groups is 2. The summed E-state index contributed by atoms with van der Waals surface area (Å²) in [4.78, 5) is 27.7. The number of urea groups is 1. The van der Waals surface area contributed by atoms with Crippen LogP contribution >= 0.6 is 0 Å². The summed E-state index contributed by atoms with van der Waals surface area (Å²) < 4.78 is 0. The van der Waals surface area contributed by atoms with E-state index in [1.807, 2.05) is 19.0 Å². The van der Waals surface area contributed by atoms with E-state index in [-0.39, 0.29) is 19.0 Å². The van der Waals surface area contributed by atoms with Gasteiger partial charge in [-0.15, -0.1) is 0 Å². The van der Waals surface area contributed by atoms with E-state index < -0.39 is 18.1 Å². The molecular weight excluding hydrogens is 238 g/mol. The van der Waals surface area contributed by atoms with Crippen molar-refractivity contribution >= 4 is 12.0 Å². The molecule has 0 radical (unpaired) electrons. The quantitative estimate of drug-likeness (QED) is 0.685. The van der Waals surface area contributed by atoms with Crippen LogP contribution in [-0.2, 0) is 4.79 Å². The Kier molecular flexibility index (Phi) is 4.92. The molecule has 0 aromatic heterocycles. The Morgan fingerprint density at radius 2 is 1.89 bits per heavy atom. The third-order valence-electron chi connectivity index (χ3n) is 3.02. The van der Waals surface area contributed by atoms with Crippen molar-refractivity contribution in [2.24, 2.45) is 0 Å². The second kappa shape index (κ2) is 6.01. The van der Waals surface area contributed by atoms with Crippen molar-refractivity contribution in [3.05, 3.63) is 0 Å². The molecule has 0 spiro atoms. The Bertz CT molecular complexity index is 321. The fourth-order valence-corrected chi connectivity index (χ4v) is 1.92. The molecular formula is C11H21N3O4. The van der Waals surface area contributed by atoms with Gasteiger partial charge in [-0.2, -0.15) is 0 Å². The largest absolute Gasteiger partial charge is 0.480 e. The molecule has 1 aliphatic rings. The van der Waals surface area contributed by atoms with Crippen LogP contribution < -0.4 is 0 Å². The summed E-state index contributed by atoms with van der Waals surface area (Å²) in [6.45, 7) is 1.31. The summed E-state index contributed by atoms with van der Waals surface area (Å²) in [6, 6.07) is -1.27. The summed E-state index contributed by atoms with van der Waals surface area (Å²) in [7, 11) is 5.44. The molecule has 0 aliphatic carbocycles. The Hall–Kier alpha value is -1.34. The van der Waals surface area contributed by atoms with Crippen molar-refractivity contribution < 1.29 is 19.8 Å². The van der Waals surface area contributed by atoms with Gasteiger partial charge in [-0.3, -0.25) is 0 Å². The predicted molar refractivity (Wildman–Crippen MR) is 65.3 cm³/mol. The van der Waals surface area contributed by atoms with Crippen molar-refractivity contribution in [2.75, 3.05) is 40.8 Å². The number of aliphatic hydroxyl groups excluding tert-OH is 1. The molecule has 1 unspecified atom stereocenters. The van der Waals surface area contributed by atoms with Crippen LogP contribution in [0.5, 0.6) is 0 Å². The first-order valence-electron chi connectivity index (χ1n) is 5.90. The van der Waals surface area contributed by atoms with E-state index >= 15 is 0 Å². The summed E-state index contributed by atoms with van der Waals surface area (Å²) >= 11 is 0. The SMILES string of the molecule is CN(C)CCN(C)C(=O)N1CC(O)C[C@H]1C(=O)O.